The van der Waals surface area contributed by atoms with Crippen molar-refractivity contribution in [3.63, 3.8) is 0 Å². The number of carboxylic acid groups (broad SMARTS) is 1. The first-order valence-corrected chi connectivity index (χ1v) is 17.2. The summed E-state index contributed by atoms with van der Waals surface area (Å²) in [5.74, 6) is -2.32. The van der Waals surface area contributed by atoms with Crippen molar-refractivity contribution in [1.29, 1.82) is 0 Å². The van der Waals surface area contributed by atoms with E-state index in [0.717, 1.165) is 0 Å². The molecule has 16 nitrogen and oxygen atoms in total. The fourth-order valence-corrected chi connectivity index (χ4v) is 5.00. The van der Waals surface area contributed by atoms with Crippen molar-refractivity contribution in [3.05, 3.63) is 38.0 Å². The number of hydrogen-bond donors (Lipinski definition) is 4. The average Bonchev–Trinajstić information content (AvgIpc) is 3.90. The molecule has 0 aromatic carbocycles. The van der Waals surface area contributed by atoms with Gasteiger partial charge in [-0.2, -0.15) is 0 Å². The molecule has 0 aromatic heterocycles. The normalized spacial score (nSPS) is 25.7. The number of rotatable bonds is 11. The third-order valence-electron chi connectivity index (χ3n) is 7.73. The zero-order chi connectivity index (χ0) is 40.5. The molecule has 3 aliphatic carbocycles. The Hall–Kier alpha value is -3.60. The number of nitrogens with one attached hydrogen (secondary N) is 3. The maximum Gasteiger partial charge on any atom is 1.00 e. The van der Waals surface area contributed by atoms with Gasteiger partial charge in [-0.3, -0.25) is 0 Å². The Morgan fingerprint density at radius 2 is 0.833 bits per heavy atom. The molecule has 302 valence electrons. The number of amides is 3. The molecule has 17 heteroatoms. The summed E-state index contributed by atoms with van der Waals surface area (Å²) in [6.07, 6.45) is 4.28. The Balaban J connectivity index is 0. The Morgan fingerprint density at radius 1 is 0.593 bits per heavy atom. The van der Waals surface area contributed by atoms with Crippen LogP contribution in [-0.2, 0) is 38.1 Å². The topological polar surface area (TPSA) is 235 Å². The number of carbonyl (C=O) groups excluding carboxylic acids is 5. The van der Waals surface area contributed by atoms with Crippen LogP contribution in [0, 0.1) is 17.8 Å². The van der Waals surface area contributed by atoms with Crippen LogP contribution in [0.1, 0.15) is 95.4 Å². The minimum absolute atomic E-state index is 0. The van der Waals surface area contributed by atoms with Crippen molar-refractivity contribution in [2.24, 2.45) is 17.8 Å². The van der Waals surface area contributed by atoms with E-state index in [4.69, 9.17) is 28.8 Å². The Bertz CT molecular complexity index is 1310. The van der Waals surface area contributed by atoms with Gasteiger partial charge in [-0.15, -0.1) is 19.7 Å². The second-order valence-electron chi connectivity index (χ2n) is 15.7. The number of alkyl carbamates (subject to hydrolysis) is 3. The molecule has 5 N–H and O–H groups in total. The molecule has 3 rings (SSSR count). The minimum Gasteiger partial charge on any atom is -0.870 e. The molecule has 0 spiro atoms. The number of esters is 2. The van der Waals surface area contributed by atoms with Crippen LogP contribution in [0.2, 0.25) is 0 Å². The SMILES string of the molecule is C=CC1CC1(NC(=O)OC(C)(C)C)C(=O)OCC.C=CC1C[C@@]1(NC(=O)OC(C)(C)C)C(=O)O.C=C[C@H]1C[C@]1(NC(=O)OC(C)(C)C)C(=O)OCC.[Na+].[OH-]. The van der Waals surface area contributed by atoms with Gasteiger partial charge >= 0.3 is 65.7 Å². The van der Waals surface area contributed by atoms with E-state index in [1.165, 1.54) is 6.08 Å². The number of ether oxygens (including phenoxy) is 5. The van der Waals surface area contributed by atoms with Gasteiger partial charge in [-0.1, -0.05) is 18.2 Å². The van der Waals surface area contributed by atoms with Gasteiger partial charge in [-0.05, 0) is 95.4 Å². The van der Waals surface area contributed by atoms with Gasteiger partial charge in [0.2, 0.25) is 0 Å². The number of carbonyl (C=O) groups is 6. The quantitative estimate of drug-likeness (QED) is 0.102. The van der Waals surface area contributed by atoms with Gasteiger partial charge in [0.1, 0.15) is 33.4 Å². The van der Waals surface area contributed by atoms with E-state index in [9.17, 15) is 28.8 Å². The summed E-state index contributed by atoms with van der Waals surface area (Å²) in [7, 11) is 0. The van der Waals surface area contributed by atoms with Crippen LogP contribution >= 0.6 is 0 Å². The summed E-state index contributed by atoms with van der Waals surface area (Å²) in [6, 6.07) is 0. The fourth-order valence-electron chi connectivity index (χ4n) is 5.00. The summed E-state index contributed by atoms with van der Waals surface area (Å²) in [6.45, 7) is 30.6. The van der Waals surface area contributed by atoms with Gasteiger partial charge in [0.15, 0.2) is 0 Å². The Kier molecular flexibility index (Phi) is 19.8. The van der Waals surface area contributed by atoms with Gasteiger partial charge < -0.3 is 50.2 Å². The van der Waals surface area contributed by atoms with Gasteiger partial charge in [-0.25, -0.2) is 28.8 Å². The zero-order valence-corrected chi connectivity index (χ0v) is 36.0. The Morgan fingerprint density at radius 3 is 1.02 bits per heavy atom. The molecule has 0 saturated heterocycles. The van der Waals surface area contributed by atoms with E-state index in [1.54, 1.807) is 88.3 Å². The van der Waals surface area contributed by atoms with Crippen LogP contribution in [0.3, 0.4) is 0 Å². The molecular formula is C37H60N3NaO13. The maximum atomic E-state index is 11.9. The zero-order valence-electron chi connectivity index (χ0n) is 34.0. The molecule has 0 aliphatic heterocycles. The molecule has 6 atom stereocenters. The van der Waals surface area contributed by atoms with Gasteiger partial charge in [0.05, 0.1) is 13.2 Å². The summed E-state index contributed by atoms with van der Waals surface area (Å²) >= 11 is 0. The number of aliphatic carboxylic acids is 1. The van der Waals surface area contributed by atoms with E-state index in [1.807, 2.05) is 0 Å². The van der Waals surface area contributed by atoms with Crippen molar-refractivity contribution in [2.75, 3.05) is 13.2 Å². The summed E-state index contributed by atoms with van der Waals surface area (Å²) in [5, 5.41) is 16.6. The first kappa shape index (κ1) is 52.5. The third kappa shape index (κ3) is 15.6. The van der Waals surface area contributed by atoms with Crippen molar-refractivity contribution in [1.82, 2.24) is 16.0 Å². The largest absolute Gasteiger partial charge is 1.00 e. The minimum atomic E-state index is -1.22. The van der Waals surface area contributed by atoms with Crippen molar-refractivity contribution in [2.45, 2.75) is 129 Å². The van der Waals surface area contributed by atoms with Crippen molar-refractivity contribution < 1.29 is 92.6 Å². The molecule has 3 unspecified atom stereocenters. The standard InChI is InChI=1S/2C13H21NO4.C11H17NO4.Na.H2O/c2*1-6-9-8-13(9,10(15)17-7-2)14-11(16)18-12(3,4)5;1-5-7-6-11(7,8(13)14)12-9(15)16-10(2,3)4;;/h2*6,9H,1,7-8H2,2-5H3,(H,14,16);5,7H,1,6H2,2-4H3,(H,12,15)(H,13,14);;1H2/q;;;+1;/p-1/t9-,13+;;7?,11-;;/m0.0../s1. The van der Waals surface area contributed by atoms with Gasteiger partial charge in [0, 0.05) is 17.8 Å². The van der Waals surface area contributed by atoms with Gasteiger partial charge in [0.25, 0.3) is 0 Å². The maximum absolute atomic E-state index is 11.9. The Labute approximate surface area is 341 Å². The fraction of sp³-hybridized carbons (Fsp3) is 0.676. The number of hydrogen-bond acceptors (Lipinski definition) is 12. The summed E-state index contributed by atoms with van der Waals surface area (Å²) in [5.41, 5.74) is -5.02. The molecular weight excluding hydrogens is 717 g/mol. The van der Waals surface area contributed by atoms with E-state index in [2.05, 4.69) is 35.7 Å². The molecule has 3 amide bonds. The monoisotopic (exact) mass is 777 g/mol. The van der Waals surface area contributed by atoms with Crippen LogP contribution < -0.4 is 45.5 Å². The number of carboxylic acids is 1. The first-order valence-electron chi connectivity index (χ1n) is 17.2. The van der Waals surface area contributed by atoms with E-state index in [-0.39, 0.29) is 66.0 Å². The second-order valence-corrected chi connectivity index (χ2v) is 15.7. The summed E-state index contributed by atoms with van der Waals surface area (Å²) in [4.78, 5) is 69.6. The second kappa shape index (κ2) is 20.4. The van der Waals surface area contributed by atoms with E-state index < -0.39 is 69.6 Å². The molecule has 54 heavy (non-hydrogen) atoms. The molecule has 0 heterocycles. The van der Waals surface area contributed by atoms with Crippen LogP contribution in [0.4, 0.5) is 14.4 Å². The molecule has 0 aromatic rings. The van der Waals surface area contributed by atoms with Crippen LogP contribution in [-0.4, -0.2) is 93.4 Å². The van der Waals surface area contributed by atoms with Crippen molar-refractivity contribution in [3.8, 4) is 0 Å². The molecule has 3 saturated carbocycles. The summed E-state index contributed by atoms with van der Waals surface area (Å²) < 4.78 is 25.2. The van der Waals surface area contributed by atoms with Crippen LogP contribution in [0.5, 0.6) is 0 Å². The molecule has 0 radical (unpaired) electrons. The predicted octanol–water partition coefficient (Wildman–Crippen LogP) is 2.41. The van der Waals surface area contributed by atoms with Crippen molar-refractivity contribution >= 4 is 36.2 Å². The smallest absolute Gasteiger partial charge is 0.870 e. The first-order chi connectivity index (χ1) is 23.7. The average molecular weight is 778 g/mol. The molecule has 3 aliphatic rings. The molecule has 0 bridgehead atoms. The van der Waals surface area contributed by atoms with E-state index >= 15 is 0 Å². The molecule has 3 fully saturated rings. The van der Waals surface area contributed by atoms with Crippen LogP contribution in [0.25, 0.3) is 0 Å². The van der Waals surface area contributed by atoms with E-state index in [0.29, 0.717) is 19.3 Å². The predicted molar refractivity (Wildman–Crippen MR) is 194 cm³/mol. The van der Waals surface area contributed by atoms with Crippen LogP contribution in [0.15, 0.2) is 38.0 Å². The third-order valence-corrected chi connectivity index (χ3v) is 7.73.